The predicted octanol–water partition coefficient (Wildman–Crippen LogP) is 4.01. The molecule has 1 atom stereocenters. The Kier molecular flexibility index (Phi) is 6.12. The molecule has 140 valence electrons. The lowest BCUT2D eigenvalue weighted by molar-refractivity contribution is 0.0663. The van der Waals surface area contributed by atoms with Gasteiger partial charge < -0.3 is 20.3 Å². The zero-order valence-corrected chi connectivity index (χ0v) is 15.5. The van der Waals surface area contributed by atoms with Crippen molar-refractivity contribution in [1.29, 1.82) is 0 Å². The zero-order valence-electron chi connectivity index (χ0n) is 15.5. The van der Waals surface area contributed by atoms with E-state index in [9.17, 15) is 5.11 Å². The van der Waals surface area contributed by atoms with Gasteiger partial charge in [-0.15, -0.1) is 0 Å². The first-order valence-electron chi connectivity index (χ1n) is 8.99. The Hall–Kier alpha value is -2.82. The third kappa shape index (κ3) is 5.09. The molecule has 3 aromatic carbocycles. The highest BCUT2D eigenvalue weighted by Crippen LogP contribution is 2.33. The molecule has 0 aliphatic heterocycles. The van der Waals surface area contributed by atoms with Crippen molar-refractivity contribution < 1.29 is 14.6 Å². The Morgan fingerprint density at radius 3 is 1.81 bits per heavy atom. The van der Waals surface area contributed by atoms with Crippen molar-refractivity contribution in [2.75, 3.05) is 6.54 Å². The molecule has 0 saturated heterocycles. The van der Waals surface area contributed by atoms with Crippen LogP contribution in [0, 0.1) is 0 Å². The predicted molar refractivity (Wildman–Crippen MR) is 107 cm³/mol. The highest BCUT2D eigenvalue weighted by Gasteiger charge is 2.23. The summed E-state index contributed by atoms with van der Waals surface area (Å²) in [6, 6.07) is 25.3. The van der Waals surface area contributed by atoms with Gasteiger partial charge in [0.25, 0.3) is 0 Å². The van der Waals surface area contributed by atoms with Gasteiger partial charge in [0.15, 0.2) is 11.5 Å². The highest BCUT2D eigenvalue weighted by atomic mass is 16.5. The van der Waals surface area contributed by atoms with Crippen LogP contribution in [0.3, 0.4) is 0 Å². The standard InChI is InChI=1S/C23H25NO3/c1-23(25,17-24)20-12-13-21(26-15-18-8-4-2-5-9-18)22(14-20)27-16-19-10-6-3-7-11-19/h2-14,25H,15-17,24H2,1H3. The number of ether oxygens (including phenoxy) is 2. The van der Waals surface area contributed by atoms with Crippen molar-refractivity contribution in [2.24, 2.45) is 5.73 Å². The third-order valence-electron chi connectivity index (χ3n) is 4.44. The average Bonchev–Trinajstić information content (AvgIpc) is 2.72. The van der Waals surface area contributed by atoms with Crippen molar-refractivity contribution >= 4 is 0 Å². The van der Waals surface area contributed by atoms with Gasteiger partial charge in [0.1, 0.15) is 13.2 Å². The van der Waals surface area contributed by atoms with E-state index in [1.165, 1.54) is 0 Å². The minimum absolute atomic E-state index is 0.120. The summed E-state index contributed by atoms with van der Waals surface area (Å²) in [5, 5.41) is 10.5. The number of benzene rings is 3. The minimum atomic E-state index is -1.12. The molecule has 1 unspecified atom stereocenters. The first kappa shape index (κ1) is 19.0. The van der Waals surface area contributed by atoms with E-state index in [0.29, 0.717) is 30.3 Å². The van der Waals surface area contributed by atoms with Crippen LogP contribution in [0.15, 0.2) is 78.9 Å². The van der Waals surface area contributed by atoms with Gasteiger partial charge in [0, 0.05) is 6.54 Å². The molecule has 3 N–H and O–H groups in total. The van der Waals surface area contributed by atoms with Gasteiger partial charge in [-0.05, 0) is 35.7 Å². The second kappa shape index (κ2) is 8.71. The second-order valence-electron chi connectivity index (χ2n) is 6.69. The summed E-state index contributed by atoms with van der Waals surface area (Å²) >= 11 is 0. The van der Waals surface area contributed by atoms with Gasteiger partial charge in [-0.1, -0.05) is 66.7 Å². The van der Waals surface area contributed by atoms with Crippen LogP contribution in [-0.2, 0) is 18.8 Å². The Morgan fingerprint density at radius 2 is 1.30 bits per heavy atom. The van der Waals surface area contributed by atoms with E-state index in [4.69, 9.17) is 15.2 Å². The van der Waals surface area contributed by atoms with Crippen molar-refractivity contribution in [1.82, 2.24) is 0 Å². The van der Waals surface area contributed by atoms with Gasteiger partial charge in [0.2, 0.25) is 0 Å². The summed E-state index contributed by atoms with van der Waals surface area (Å²) in [6.07, 6.45) is 0. The molecule has 0 saturated carbocycles. The number of hydrogen-bond acceptors (Lipinski definition) is 4. The van der Waals surface area contributed by atoms with Crippen LogP contribution in [0.25, 0.3) is 0 Å². The first-order chi connectivity index (χ1) is 13.1. The maximum Gasteiger partial charge on any atom is 0.162 e. The maximum absolute atomic E-state index is 10.5. The molecule has 0 amide bonds. The summed E-state index contributed by atoms with van der Waals surface area (Å²) in [7, 11) is 0. The van der Waals surface area contributed by atoms with Crippen molar-refractivity contribution in [2.45, 2.75) is 25.7 Å². The highest BCUT2D eigenvalue weighted by molar-refractivity contribution is 5.45. The Labute approximate surface area is 160 Å². The molecule has 3 aromatic rings. The molecule has 0 aliphatic carbocycles. The van der Waals surface area contributed by atoms with E-state index in [1.807, 2.05) is 72.8 Å². The summed E-state index contributed by atoms with van der Waals surface area (Å²) in [6.45, 7) is 2.66. The van der Waals surface area contributed by atoms with Crippen LogP contribution in [0.2, 0.25) is 0 Å². The fourth-order valence-corrected chi connectivity index (χ4v) is 2.66. The lowest BCUT2D eigenvalue weighted by Crippen LogP contribution is -2.31. The number of aliphatic hydroxyl groups is 1. The molecule has 0 spiro atoms. The SMILES string of the molecule is CC(O)(CN)c1ccc(OCc2ccccc2)c(OCc2ccccc2)c1. The number of rotatable bonds is 8. The minimum Gasteiger partial charge on any atom is -0.485 e. The summed E-state index contributed by atoms with van der Waals surface area (Å²) < 4.78 is 12.0. The Bertz CT molecular complexity index is 848. The van der Waals surface area contributed by atoms with E-state index < -0.39 is 5.60 Å². The molecule has 0 aliphatic rings. The second-order valence-corrected chi connectivity index (χ2v) is 6.69. The van der Waals surface area contributed by atoms with E-state index in [0.717, 1.165) is 11.1 Å². The molecular weight excluding hydrogens is 338 g/mol. The molecule has 3 rings (SSSR count). The molecular formula is C23H25NO3. The number of nitrogens with two attached hydrogens (primary N) is 1. The molecule has 4 nitrogen and oxygen atoms in total. The summed E-state index contributed by atoms with van der Waals surface area (Å²) in [5.41, 5.74) is 7.41. The molecule has 0 aromatic heterocycles. The van der Waals surface area contributed by atoms with Gasteiger partial charge in [-0.25, -0.2) is 0 Å². The zero-order chi connectivity index (χ0) is 19.1. The quantitative estimate of drug-likeness (QED) is 0.635. The Balaban J connectivity index is 1.81. The third-order valence-corrected chi connectivity index (χ3v) is 4.44. The van der Waals surface area contributed by atoms with Gasteiger partial charge >= 0.3 is 0 Å². The van der Waals surface area contributed by atoms with E-state index >= 15 is 0 Å². The monoisotopic (exact) mass is 363 g/mol. The van der Waals surface area contributed by atoms with Gasteiger partial charge in [-0.3, -0.25) is 0 Å². The van der Waals surface area contributed by atoms with E-state index in [2.05, 4.69) is 0 Å². The maximum atomic E-state index is 10.5. The summed E-state index contributed by atoms with van der Waals surface area (Å²) in [5.74, 6) is 1.22. The van der Waals surface area contributed by atoms with Crippen LogP contribution in [0.5, 0.6) is 11.5 Å². The number of hydrogen-bond donors (Lipinski definition) is 2. The lowest BCUT2D eigenvalue weighted by atomic mass is 9.96. The van der Waals surface area contributed by atoms with Crippen LogP contribution in [0.4, 0.5) is 0 Å². The molecule has 0 radical (unpaired) electrons. The van der Waals surface area contributed by atoms with Crippen LogP contribution in [0.1, 0.15) is 23.6 Å². The normalized spacial score (nSPS) is 13.0. The molecule has 27 heavy (non-hydrogen) atoms. The van der Waals surface area contributed by atoms with Gasteiger partial charge in [0.05, 0.1) is 5.60 Å². The summed E-state index contributed by atoms with van der Waals surface area (Å²) in [4.78, 5) is 0. The topological polar surface area (TPSA) is 64.7 Å². The van der Waals surface area contributed by atoms with E-state index in [1.54, 1.807) is 13.0 Å². The Morgan fingerprint density at radius 1 is 0.778 bits per heavy atom. The average molecular weight is 363 g/mol. The fourth-order valence-electron chi connectivity index (χ4n) is 2.66. The van der Waals surface area contributed by atoms with Crippen LogP contribution in [-0.4, -0.2) is 11.7 Å². The van der Waals surface area contributed by atoms with Crippen LogP contribution >= 0.6 is 0 Å². The van der Waals surface area contributed by atoms with Crippen LogP contribution < -0.4 is 15.2 Å². The fraction of sp³-hybridized carbons (Fsp3) is 0.217. The molecule has 0 fully saturated rings. The molecule has 0 heterocycles. The smallest absolute Gasteiger partial charge is 0.162 e. The van der Waals surface area contributed by atoms with E-state index in [-0.39, 0.29) is 6.54 Å². The largest absolute Gasteiger partial charge is 0.485 e. The van der Waals surface area contributed by atoms with Crippen molar-refractivity contribution in [3.63, 3.8) is 0 Å². The lowest BCUT2D eigenvalue weighted by Gasteiger charge is -2.23. The molecule has 4 heteroatoms. The van der Waals surface area contributed by atoms with Crippen molar-refractivity contribution in [3.05, 3.63) is 95.6 Å². The molecule has 0 bridgehead atoms. The van der Waals surface area contributed by atoms with Gasteiger partial charge in [-0.2, -0.15) is 0 Å². The van der Waals surface area contributed by atoms with Crippen molar-refractivity contribution in [3.8, 4) is 11.5 Å². The first-order valence-corrected chi connectivity index (χ1v) is 8.99.